The predicted molar refractivity (Wildman–Crippen MR) is 111 cm³/mol. The molecule has 4 aliphatic rings. The van der Waals surface area contributed by atoms with Gasteiger partial charge in [-0.15, -0.1) is 0 Å². The number of Topliss-reactive ketones (excluding diaryl/α,β-unsaturated/α-hetero) is 1. The molecule has 3 fully saturated rings. The van der Waals surface area contributed by atoms with Crippen LogP contribution in [0.25, 0.3) is 0 Å². The van der Waals surface area contributed by atoms with Crippen LogP contribution >= 0.6 is 0 Å². The van der Waals surface area contributed by atoms with Gasteiger partial charge in [-0.2, -0.15) is 0 Å². The van der Waals surface area contributed by atoms with E-state index < -0.39 is 0 Å². The fraction of sp³-hybridized carbons (Fsp3) is 0.840. The third-order valence-corrected chi connectivity index (χ3v) is 9.78. The molecule has 0 saturated heterocycles. The summed E-state index contributed by atoms with van der Waals surface area (Å²) in [5.74, 6) is 2.72. The Morgan fingerprint density at radius 3 is 2.69 bits per heavy atom. The van der Waals surface area contributed by atoms with Crippen LogP contribution in [0, 0.1) is 40.4 Å². The van der Waals surface area contributed by atoms with Crippen molar-refractivity contribution in [1.29, 1.82) is 0 Å². The van der Waals surface area contributed by atoms with Crippen molar-refractivity contribution >= 4 is 11.8 Å². The number of esters is 1. The maximum Gasteiger partial charge on any atom is 0.305 e. The highest BCUT2D eigenvalue weighted by atomic mass is 19.1. The molecule has 0 heterocycles. The first-order valence-corrected chi connectivity index (χ1v) is 11.7. The van der Waals surface area contributed by atoms with Crippen LogP contribution in [0.4, 0.5) is 4.39 Å². The van der Waals surface area contributed by atoms with Crippen molar-refractivity contribution in [2.45, 2.75) is 85.0 Å². The van der Waals surface area contributed by atoms with E-state index in [0.29, 0.717) is 55.3 Å². The van der Waals surface area contributed by atoms with Crippen LogP contribution in [0.15, 0.2) is 11.4 Å². The number of allylic oxidation sites excluding steroid dienone is 2. The SMILES string of the molecule is COC(=O)CCC(C)C1CCC2C3CC(F)=C4CC(=O)CCC4(C)C3CCC12C. The van der Waals surface area contributed by atoms with Crippen molar-refractivity contribution < 1.29 is 18.7 Å². The smallest absolute Gasteiger partial charge is 0.305 e. The molecule has 0 amide bonds. The average molecular weight is 405 g/mol. The molecule has 4 heteroatoms. The second-order valence-electron chi connectivity index (χ2n) is 10.9. The Kier molecular flexibility index (Phi) is 5.44. The van der Waals surface area contributed by atoms with Gasteiger partial charge in [0, 0.05) is 25.7 Å². The molecule has 162 valence electrons. The summed E-state index contributed by atoms with van der Waals surface area (Å²) in [7, 11) is 1.46. The highest BCUT2D eigenvalue weighted by Crippen LogP contribution is 2.68. The molecule has 0 bridgehead atoms. The van der Waals surface area contributed by atoms with E-state index in [2.05, 4.69) is 20.8 Å². The molecular weight excluding hydrogens is 367 g/mol. The summed E-state index contributed by atoms with van der Waals surface area (Å²) >= 11 is 0. The van der Waals surface area contributed by atoms with Crippen LogP contribution in [0.2, 0.25) is 0 Å². The minimum Gasteiger partial charge on any atom is -0.469 e. The normalized spacial score (nSPS) is 42.7. The lowest BCUT2D eigenvalue weighted by Crippen LogP contribution is -2.51. The summed E-state index contributed by atoms with van der Waals surface area (Å²) in [5.41, 5.74) is 0.978. The Labute approximate surface area is 174 Å². The van der Waals surface area contributed by atoms with Gasteiger partial charge in [0.15, 0.2) is 0 Å². The molecule has 29 heavy (non-hydrogen) atoms. The maximum atomic E-state index is 15.3. The summed E-state index contributed by atoms with van der Waals surface area (Å²) < 4.78 is 20.1. The first-order valence-electron chi connectivity index (χ1n) is 11.7. The molecule has 0 aromatic rings. The summed E-state index contributed by atoms with van der Waals surface area (Å²) in [4.78, 5) is 23.6. The van der Waals surface area contributed by atoms with Crippen LogP contribution in [0.1, 0.15) is 85.0 Å². The number of carbonyl (C=O) groups is 2. The Morgan fingerprint density at radius 1 is 1.21 bits per heavy atom. The van der Waals surface area contributed by atoms with E-state index >= 15 is 4.39 Å². The molecule has 4 rings (SSSR count). The summed E-state index contributed by atoms with van der Waals surface area (Å²) in [6, 6.07) is 0. The van der Waals surface area contributed by atoms with Crippen molar-refractivity contribution in [1.82, 2.24) is 0 Å². The Bertz CT molecular complexity index is 728. The van der Waals surface area contributed by atoms with Crippen molar-refractivity contribution in [2.24, 2.45) is 40.4 Å². The highest BCUT2D eigenvalue weighted by molar-refractivity contribution is 5.82. The van der Waals surface area contributed by atoms with E-state index in [0.717, 1.165) is 24.8 Å². The van der Waals surface area contributed by atoms with Crippen LogP contribution in [0.5, 0.6) is 0 Å². The molecule has 0 N–H and O–H groups in total. The monoisotopic (exact) mass is 404 g/mol. The van der Waals surface area contributed by atoms with Gasteiger partial charge in [0.1, 0.15) is 11.6 Å². The molecule has 0 aromatic carbocycles. The molecule has 0 aliphatic heterocycles. The number of fused-ring (bicyclic) bond motifs is 5. The lowest BCUT2D eigenvalue weighted by atomic mass is 9.47. The maximum absolute atomic E-state index is 15.3. The predicted octanol–water partition coefficient (Wildman–Crippen LogP) is 6.02. The van der Waals surface area contributed by atoms with Crippen LogP contribution < -0.4 is 0 Å². The number of rotatable bonds is 4. The number of halogens is 1. The third kappa shape index (κ3) is 3.29. The van der Waals surface area contributed by atoms with Gasteiger partial charge in [0.25, 0.3) is 0 Å². The van der Waals surface area contributed by atoms with Gasteiger partial charge < -0.3 is 4.74 Å². The number of ether oxygens (including phenoxy) is 1. The third-order valence-electron chi connectivity index (χ3n) is 9.78. The summed E-state index contributed by atoms with van der Waals surface area (Å²) in [5, 5.41) is 0. The zero-order chi connectivity index (χ0) is 21.0. The average Bonchev–Trinajstić information content (AvgIpc) is 3.05. The van der Waals surface area contributed by atoms with Crippen molar-refractivity contribution in [3.8, 4) is 0 Å². The largest absolute Gasteiger partial charge is 0.469 e. The number of carbonyl (C=O) groups excluding carboxylic acids is 2. The van der Waals surface area contributed by atoms with Gasteiger partial charge in [-0.3, -0.25) is 9.59 Å². The van der Waals surface area contributed by atoms with Gasteiger partial charge in [-0.1, -0.05) is 20.8 Å². The van der Waals surface area contributed by atoms with E-state index in [1.165, 1.54) is 26.4 Å². The van der Waals surface area contributed by atoms with Gasteiger partial charge in [-0.25, -0.2) is 4.39 Å². The van der Waals surface area contributed by atoms with E-state index in [4.69, 9.17) is 4.74 Å². The van der Waals surface area contributed by atoms with Crippen molar-refractivity contribution in [3.05, 3.63) is 11.4 Å². The lowest BCUT2D eigenvalue weighted by molar-refractivity contribution is -0.141. The van der Waals surface area contributed by atoms with Crippen molar-refractivity contribution in [3.63, 3.8) is 0 Å². The molecule has 4 aliphatic carbocycles. The molecule has 3 nitrogen and oxygen atoms in total. The molecule has 0 spiro atoms. The fourth-order valence-corrected chi connectivity index (χ4v) is 8.17. The zero-order valence-corrected chi connectivity index (χ0v) is 18.6. The Morgan fingerprint density at radius 2 is 1.97 bits per heavy atom. The van der Waals surface area contributed by atoms with E-state index in [9.17, 15) is 9.59 Å². The summed E-state index contributed by atoms with van der Waals surface area (Å²) in [6.07, 6.45) is 8.45. The van der Waals surface area contributed by atoms with Crippen LogP contribution in [-0.2, 0) is 14.3 Å². The second-order valence-corrected chi connectivity index (χ2v) is 10.9. The van der Waals surface area contributed by atoms with Crippen molar-refractivity contribution in [2.75, 3.05) is 7.11 Å². The van der Waals surface area contributed by atoms with Crippen LogP contribution in [-0.4, -0.2) is 18.9 Å². The van der Waals surface area contributed by atoms with Gasteiger partial charge in [0.05, 0.1) is 7.11 Å². The zero-order valence-electron chi connectivity index (χ0n) is 18.6. The second kappa shape index (κ2) is 7.50. The standard InChI is InChI=1S/C25H37FO3/c1-15(5-8-23(28)29-4)18-6-7-19-17-14-22(26)21-13-16(27)9-11-25(21,3)20(17)10-12-24(18,19)2/h15,17-20H,5-14H2,1-4H3. The Balaban J connectivity index is 1.56. The molecule has 0 aromatic heterocycles. The number of ketones is 1. The number of methoxy groups -OCH3 is 1. The minimum absolute atomic E-state index is 0.0354. The fourth-order valence-electron chi connectivity index (χ4n) is 8.17. The van der Waals surface area contributed by atoms with Gasteiger partial charge in [-0.05, 0) is 84.5 Å². The number of hydrogen-bond donors (Lipinski definition) is 0. The Hall–Kier alpha value is -1.19. The first kappa shape index (κ1) is 21.1. The molecule has 3 saturated carbocycles. The topological polar surface area (TPSA) is 43.4 Å². The highest BCUT2D eigenvalue weighted by Gasteiger charge is 2.60. The molecule has 0 radical (unpaired) electrons. The lowest BCUT2D eigenvalue weighted by Gasteiger charge is -2.58. The molecule has 7 unspecified atom stereocenters. The molecule has 7 atom stereocenters. The number of hydrogen-bond acceptors (Lipinski definition) is 3. The van der Waals surface area contributed by atoms with Gasteiger partial charge >= 0.3 is 5.97 Å². The van der Waals surface area contributed by atoms with Gasteiger partial charge in [0.2, 0.25) is 0 Å². The van der Waals surface area contributed by atoms with E-state index in [1.807, 2.05) is 0 Å². The first-order chi connectivity index (χ1) is 13.7. The van der Waals surface area contributed by atoms with E-state index in [-0.39, 0.29) is 28.4 Å². The van der Waals surface area contributed by atoms with Crippen LogP contribution in [0.3, 0.4) is 0 Å². The van der Waals surface area contributed by atoms with E-state index in [1.54, 1.807) is 0 Å². The molecular formula is C25H37FO3. The summed E-state index contributed by atoms with van der Waals surface area (Å²) in [6.45, 7) is 6.99. The minimum atomic E-state index is -0.118. The quantitative estimate of drug-likeness (QED) is 0.538.